The highest BCUT2D eigenvalue weighted by atomic mass is 16.5. The summed E-state index contributed by atoms with van der Waals surface area (Å²) < 4.78 is 12.0. The number of rotatable bonds is 6. The van der Waals surface area contributed by atoms with Crippen LogP contribution in [0.15, 0.2) is 18.2 Å². The van der Waals surface area contributed by atoms with Crippen molar-refractivity contribution in [2.24, 2.45) is 0 Å². The van der Waals surface area contributed by atoms with Crippen molar-refractivity contribution in [1.82, 2.24) is 9.55 Å². The van der Waals surface area contributed by atoms with Gasteiger partial charge in [-0.25, -0.2) is 4.98 Å². The maximum absolute atomic E-state index is 11.3. The number of nitrogen functional groups attached to an aromatic ring is 1. The number of fused-ring (bicyclic) bond motifs is 1. The molecule has 0 saturated carbocycles. The second-order valence-electron chi connectivity index (χ2n) is 4.38. The van der Waals surface area contributed by atoms with Gasteiger partial charge in [0, 0.05) is 19.0 Å². The highest BCUT2D eigenvalue weighted by Gasteiger charge is 2.10. The molecule has 2 rings (SSSR count). The Morgan fingerprint density at radius 3 is 2.95 bits per heavy atom. The van der Waals surface area contributed by atoms with E-state index in [2.05, 4.69) is 4.98 Å². The van der Waals surface area contributed by atoms with Gasteiger partial charge in [0.25, 0.3) is 0 Å². The van der Waals surface area contributed by atoms with Crippen molar-refractivity contribution in [1.29, 1.82) is 0 Å². The molecule has 1 aromatic heterocycles. The zero-order chi connectivity index (χ0) is 14.5. The smallest absolute Gasteiger partial charge is 0.305 e. The molecule has 0 bridgehead atoms. The Balaban J connectivity index is 2.12. The summed E-state index contributed by atoms with van der Waals surface area (Å²) in [7, 11) is 1.62. The number of nitrogens with zero attached hydrogens (tertiary/aromatic N) is 2. The molecule has 1 heterocycles. The Morgan fingerprint density at radius 1 is 1.45 bits per heavy atom. The third kappa shape index (κ3) is 3.01. The zero-order valence-electron chi connectivity index (χ0n) is 11.8. The van der Waals surface area contributed by atoms with Crippen LogP contribution in [-0.4, -0.2) is 29.2 Å². The molecule has 0 spiro atoms. The van der Waals surface area contributed by atoms with Gasteiger partial charge in [0.05, 0.1) is 24.8 Å². The van der Waals surface area contributed by atoms with E-state index in [-0.39, 0.29) is 5.97 Å². The molecule has 0 aliphatic rings. The molecule has 0 aliphatic heterocycles. The Morgan fingerprint density at radius 2 is 2.25 bits per heavy atom. The van der Waals surface area contributed by atoms with Gasteiger partial charge in [-0.1, -0.05) is 0 Å². The first-order chi connectivity index (χ1) is 9.65. The van der Waals surface area contributed by atoms with Crippen molar-refractivity contribution in [3.63, 3.8) is 0 Å². The predicted molar refractivity (Wildman–Crippen MR) is 76.6 cm³/mol. The second kappa shape index (κ2) is 6.27. The fourth-order valence-corrected chi connectivity index (χ4v) is 2.10. The predicted octanol–water partition coefficient (Wildman–Crippen LogP) is 1.97. The van der Waals surface area contributed by atoms with E-state index < -0.39 is 0 Å². The van der Waals surface area contributed by atoms with Gasteiger partial charge in [0.1, 0.15) is 5.75 Å². The summed E-state index contributed by atoms with van der Waals surface area (Å²) in [6.07, 6.45) is 1.03. The molecule has 0 fully saturated rings. The lowest BCUT2D eigenvalue weighted by molar-refractivity contribution is -0.143. The lowest BCUT2D eigenvalue weighted by Crippen LogP contribution is -2.08. The molecule has 0 unspecified atom stereocenters. The quantitative estimate of drug-likeness (QED) is 0.817. The average molecular weight is 277 g/mol. The van der Waals surface area contributed by atoms with E-state index in [0.29, 0.717) is 31.9 Å². The molecule has 6 nitrogen and oxygen atoms in total. The van der Waals surface area contributed by atoms with Crippen LogP contribution in [-0.2, 0) is 16.1 Å². The number of esters is 1. The largest absolute Gasteiger partial charge is 0.497 e. The summed E-state index contributed by atoms with van der Waals surface area (Å²) in [6.45, 7) is 2.83. The summed E-state index contributed by atoms with van der Waals surface area (Å²) >= 11 is 0. The monoisotopic (exact) mass is 277 g/mol. The van der Waals surface area contributed by atoms with Crippen molar-refractivity contribution in [3.05, 3.63) is 18.2 Å². The second-order valence-corrected chi connectivity index (χ2v) is 4.38. The minimum atomic E-state index is -0.187. The van der Waals surface area contributed by atoms with Crippen molar-refractivity contribution >= 4 is 23.0 Å². The van der Waals surface area contributed by atoms with Crippen LogP contribution in [0.25, 0.3) is 11.0 Å². The summed E-state index contributed by atoms with van der Waals surface area (Å²) in [4.78, 5) is 15.6. The van der Waals surface area contributed by atoms with Crippen LogP contribution >= 0.6 is 0 Å². The van der Waals surface area contributed by atoms with Crippen LogP contribution in [0.4, 0.5) is 5.95 Å². The Kier molecular flexibility index (Phi) is 4.45. The van der Waals surface area contributed by atoms with E-state index >= 15 is 0 Å². The highest BCUT2D eigenvalue weighted by molar-refractivity contribution is 5.80. The molecule has 0 aliphatic carbocycles. The van der Waals surface area contributed by atoms with E-state index in [1.54, 1.807) is 14.0 Å². The molecule has 0 radical (unpaired) electrons. The lowest BCUT2D eigenvalue weighted by atomic mass is 10.2. The molecular formula is C14H19N3O3. The maximum Gasteiger partial charge on any atom is 0.305 e. The van der Waals surface area contributed by atoms with E-state index in [9.17, 15) is 4.79 Å². The number of hydrogen-bond acceptors (Lipinski definition) is 5. The van der Waals surface area contributed by atoms with Crippen LogP contribution < -0.4 is 10.5 Å². The van der Waals surface area contributed by atoms with Crippen LogP contribution in [0.2, 0.25) is 0 Å². The molecule has 0 saturated heterocycles. The van der Waals surface area contributed by atoms with Crippen molar-refractivity contribution in [2.75, 3.05) is 19.5 Å². The average Bonchev–Trinajstić information content (AvgIpc) is 2.74. The molecule has 0 amide bonds. The number of carbonyl (C=O) groups is 1. The van der Waals surface area contributed by atoms with Gasteiger partial charge in [0.2, 0.25) is 5.95 Å². The molecule has 108 valence electrons. The van der Waals surface area contributed by atoms with Gasteiger partial charge in [-0.3, -0.25) is 4.79 Å². The first-order valence-electron chi connectivity index (χ1n) is 6.61. The minimum absolute atomic E-state index is 0.187. The fourth-order valence-electron chi connectivity index (χ4n) is 2.10. The number of anilines is 1. The number of aryl methyl sites for hydroxylation is 1. The zero-order valence-corrected chi connectivity index (χ0v) is 11.8. The van der Waals surface area contributed by atoms with E-state index in [1.807, 2.05) is 22.8 Å². The molecule has 1 aromatic carbocycles. The number of aromatic nitrogens is 2. The van der Waals surface area contributed by atoms with Crippen LogP contribution in [0.1, 0.15) is 19.8 Å². The Bertz CT molecular complexity index is 607. The molecule has 0 atom stereocenters. The number of benzene rings is 1. The van der Waals surface area contributed by atoms with Crippen LogP contribution in [0.5, 0.6) is 5.75 Å². The van der Waals surface area contributed by atoms with Crippen LogP contribution in [0.3, 0.4) is 0 Å². The van der Waals surface area contributed by atoms with Crippen LogP contribution in [0, 0.1) is 0 Å². The topological polar surface area (TPSA) is 79.4 Å². The van der Waals surface area contributed by atoms with Crippen molar-refractivity contribution < 1.29 is 14.3 Å². The van der Waals surface area contributed by atoms with Gasteiger partial charge < -0.3 is 19.8 Å². The number of nitrogens with two attached hydrogens (primary N) is 1. The first-order valence-corrected chi connectivity index (χ1v) is 6.61. The molecule has 20 heavy (non-hydrogen) atoms. The maximum atomic E-state index is 11.3. The molecule has 2 N–H and O–H groups in total. The van der Waals surface area contributed by atoms with Gasteiger partial charge in [-0.15, -0.1) is 0 Å². The summed E-state index contributed by atoms with van der Waals surface area (Å²) in [6, 6.07) is 5.60. The van der Waals surface area contributed by atoms with Gasteiger partial charge >= 0.3 is 5.97 Å². The summed E-state index contributed by atoms with van der Waals surface area (Å²) in [5.41, 5.74) is 7.64. The third-order valence-corrected chi connectivity index (χ3v) is 3.05. The number of methoxy groups -OCH3 is 1. The Labute approximate surface area is 117 Å². The lowest BCUT2D eigenvalue weighted by Gasteiger charge is -2.07. The first kappa shape index (κ1) is 14.2. The number of hydrogen-bond donors (Lipinski definition) is 1. The molecule has 2 aromatic rings. The van der Waals surface area contributed by atoms with Gasteiger partial charge in [-0.05, 0) is 25.5 Å². The summed E-state index contributed by atoms with van der Waals surface area (Å²) in [5.74, 6) is 1.01. The minimum Gasteiger partial charge on any atom is -0.497 e. The number of ether oxygens (including phenoxy) is 2. The van der Waals surface area contributed by atoms with Crippen molar-refractivity contribution in [3.8, 4) is 5.75 Å². The Hall–Kier alpha value is -2.24. The van der Waals surface area contributed by atoms with Gasteiger partial charge in [0.15, 0.2) is 0 Å². The number of carbonyl (C=O) groups excluding carboxylic acids is 1. The molecule has 6 heteroatoms. The van der Waals surface area contributed by atoms with E-state index in [1.165, 1.54) is 0 Å². The number of imidazole rings is 1. The standard InChI is InChI=1S/C14H19N3O3/c1-3-20-13(18)5-4-8-17-12-9-10(19-2)6-7-11(12)16-14(17)15/h6-7,9H,3-5,8H2,1-2H3,(H2,15,16). The van der Waals surface area contributed by atoms with Crippen molar-refractivity contribution in [2.45, 2.75) is 26.3 Å². The van der Waals surface area contributed by atoms with E-state index in [0.717, 1.165) is 16.8 Å². The SMILES string of the molecule is CCOC(=O)CCCn1c(N)nc2ccc(OC)cc21. The highest BCUT2D eigenvalue weighted by Crippen LogP contribution is 2.23. The van der Waals surface area contributed by atoms with E-state index in [4.69, 9.17) is 15.2 Å². The normalized spacial score (nSPS) is 10.7. The molecular weight excluding hydrogens is 258 g/mol. The van der Waals surface area contributed by atoms with Gasteiger partial charge in [-0.2, -0.15) is 0 Å². The third-order valence-electron chi connectivity index (χ3n) is 3.05. The summed E-state index contributed by atoms with van der Waals surface area (Å²) in [5, 5.41) is 0. The fraction of sp³-hybridized carbons (Fsp3) is 0.429.